The predicted molar refractivity (Wildman–Crippen MR) is 80.1 cm³/mol. The Morgan fingerprint density at radius 1 is 0.545 bits per heavy atom. The molecule has 3 aromatic carbocycles. The van der Waals surface area contributed by atoms with Crippen molar-refractivity contribution in [3.05, 3.63) is 107 Å². The van der Waals surface area contributed by atoms with E-state index in [9.17, 15) is 13.2 Å². The molecule has 0 unspecified atom stereocenters. The fourth-order valence-electron chi connectivity index (χ4n) is 2.61. The molecule has 3 heteroatoms. The van der Waals surface area contributed by atoms with E-state index in [0.29, 0.717) is 0 Å². The molecule has 0 heterocycles. The van der Waals surface area contributed by atoms with Crippen molar-refractivity contribution in [1.29, 1.82) is 0 Å². The maximum atomic E-state index is 14.3. The first kappa shape index (κ1) is 14.4. The van der Waals surface area contributed by atoms with Gasteiger partial charge in [0.25, 0.3) is 0 Å². The van der Waals surface area contributed by atoms with Gasteiger partial charge in [-0.25, -0.2) is 13.2 Å². The molecule has 0 bridgehead atoms. The molecule has 0 aliphatic rings. The molecule has 0 spiro atoms. The van der Waals surface area contributed by atoms with E-state index in [2.05, 4.69) is 0 Å². The van der Waals surface area contributed by atoms with Crippen molar-refractivity contribution in [2.24, 2.45) is 0 Å². The van der Waals surface area contributed by atoms with Crippen LogP contribution in [-0.2, 0) is 0 Å². The van der Waals surface area contributed by atoms with Gasteiger partial charge in [-0.3, -0.25) is 0 Å². The van der Waals surface area contributed by atoms with Gasteiger partial charge in [0.15, 0.2) is 17.5 Å². The van der Waals surface area contributed by atoms with Crippen molar-refractivity contribution in [2.45, 2.75) is 5.92 Å². The molecule has 0 saturated heterocycles. The Kier molecular flexibility index (Phi) is 3.96. The summed E-state index contributed by atoms with van der Waals surface area (Å²) in [5, 5.41) is 0. The highest BCUT2D eigenvalue weighted by Crippen LogP contribution is 2.34. The Balaban J connectivity index is 2.21. The molecule has 0 radical (unpaired) electrons. The fraction of sp³-hybridized carbons (Fsp3) is 0.0526. The van der Waals surface area contributed by atoms with E-state index in [1.54, 1.807) is 0 Å². The summed E-state index contributed by atoms with van der Waals surface area (Å²) in [6, 6.07) is 20.7. The van der Waals surface area contributed by atoms with Crippen molar-refractivity contribution in [2.75, 3.05) is 0 Å². The number of hydrogen-bond acceptors (Lipinski definition) is 0. The minimum atomic E-state index is -1.44. The van der Waals surface area contributed by atoms with Gasteiger partial charge in [-0.1, -0.05) is 66.7 Å². The normalized spacial score (nSPS) is 10.9. The maximum absolute atomic E-state index is 14.3. The Labute approximate surface area is 126 Å². The number of halogens is 3. The molecule has 3 aromatic rings. The topological polar surface area (TPSA) is 0 Å². The number of hydrogen-bond donors (Lipinski definition) is 0. The van der Waals surface area contributed by atoms with Crippen LogP contribution in [0.2, 0.25) is 0 Å². The Morgan fingerprint density at radius 2 is 1.05 bits per heavy atom. The van der Waals surface area contributed by atoms with Gasteiger partial charge in [-0.15, -0.1) is 0 Å². The lowest BCUT2D eigenvalue weighted by Crippen LogP contribution is -2.08. The minimum Gasteiger partial charge on any atom is -0.204 e. The van der Waals surface area contributed by atoms with E-state index < -0.39 is 23.4 Å². The Morgan fingerprint density at radius 3 is 1.55 bits per heavy atom. The number of rotatable bonds is 3. The van der Waals surface area contributed by atoms with Gasteiger partial charge in [0.05, 0.1) is 0 Å². The summed E-state index contributed by atoms with van der Waals surface area (Å²) in [7, 11) is 0. The SMILES string of the molecule is Fc1ccc(C(c2ccccc2)c2ccccc2)c(F)c1F. The molecule has 0 nitrogen and oxygen atoms in total. The molecule has 0 aromatic heterocycles. The molecule has 3 rings (SSSR count). The van der Waals surface area contributed by atoms with E-state index in [1.807, 2.05) is 60.7 Å². The minimum absolute atomic E-state index is 0.122. The summed E-state index contributed by atoms with van der Waals surface area (Å²) in [6.07, 6.45) is 0. The van der Waals surface area contributed by atoms with Gasteiger partial charge in [0.2, 0.25) is 0 Å². The standard InChI is InChI=1S/C19H13F3/c20-16-12-11-15(18(21)19(16)22)17(13-7-3-1-4-8-13)14-9-5-2-6-10-14/h1-12,17H. The van der Waals surface area contributed by atoms with E-state index in [1.165, 1.54) is 6.07 Å². The Hall–Kier alpha value is -2.55. The zero-order valence-electron chi connectivity index (χ0n) is 11.6. The maximum Gasteiger partial charge on any atom is 0.194 e. The summed E-state index contributed by atoms with van der Waals surface area (Å²) < 4.78 is 41.1. The average Bonchev–Trinajstić information content (AvgIpc) is 2.57. The second kappa shape index (κ2) is 6.06. The Bertz CT molecular complexity index is 728. The second-order valence-corrected chi connectivity index (χ2v) is 5.02. The summed E-state index contributed by atoms with van der Waals surface area (Å²) in [4.78, 5) is 0. The summed E-state index contributed by atoms with van der Waals surface area (Å²) in [6.45, 7) is 0. The van der Waals surface area contributed by atoms with Crippen molar-refractivity contribution in [1.82, 2.24) is 0 Å². The van der Waals surface area contributed by atoms with Crippen LogP contribution in [0.3, 0.4) is 0 Å². The average molecular weight is 298 g/mol. The van der Waals surface area contributed by atoms with Crippen LogP contribution in [0.4, 0.5) is 13.2 Å². The van der Waals surface area contributed by atoms with E-state index in [0.717, 1.165) is 17.2 Å². The first-order valence-corrected chi connectivity index (χ1v) is 6.92. The molecule has 0 fully saturated rings. The smallest absolute Gasteiger partial charge is 0.194 e. The quantitative estimate of drug-likeness (QED) is 0.455. The molecule has 0 atom stereocenters. The molecule has 0 aliphatic carbocycles. The first-order chi connectivity index (χ1) is 10.7. The van der Waals surface area contributed by atoms with Gasteiger partial charge < -0.3 is 0 Å². The summed E-state index contributed by atoms with van der Waals surface area (Å²) in [5.41, 5.74) is 1.76. The van der Waals surface area contributed by atoms with Gasteiger partial charge in [0.1, 0.15) is 0 Å². The third-order valence-electron chi connectivity index (χ3n) is 3.64. The van der Waals surface area contributed by atoms with Crippen molar-refractivity contribution >= 4 is 0 Å². The van der Waals surface area contributed by atoms with Crippen LogP contribution in [-0.4, -0.2) is 0 Å². The summed E-state index contributed by atoms with van der Waals surface area (Å²) >= 11 is 0. The fourth-order valence-corrected chi connectivity index (χ4v) is 2.61. The second-order valence-electron chi connectivity index (χ2n) is 5.02. The highest BCUT2D eigenvalue weighted by Gasteiger charge is 2.23. The molecular weight excluding hydrogens is 285 g/mol. The third-order valence-corrected chi connectivity index (χ3v) is 3.64. The van der Waals surface area contributed by atoms with Gasteiger partial charge in [-0.05, 0) is 17.2 Å². The zero-order valence-corrected chi connectivity index (χ0v) is 11.6. The van der Waals surface area contributed by atoms with Gasteiger partial charge in [0, 0.05) is 11.5 Å². The molecule has 0 amide bonds. The molecule has 110 valence electrons. The van der Waals surface area contributed by atoms with Crippen molar-refractivity contribution < 1.29 is 13.2 Å². The van der Waals surface area contributed by atoms with Crippen LogP contribution in [0.25, 0.3) is 0 Å². The molecule has 0 N–H and O–H groups in total. The molecular formula is C19H13F3. The highest BCUT2D eigenvalue weighted by atomic mass is 19.2. The molecule has 22 heavy (non-hydrogen) atoms. The van der Waals surface area contributed by atoms with Crippen LogP contribution in [0.1, 0.15) is 22.6 Å². The third kappa shape index (κ3) is 2.62. The highest BCUT2D eigenvalue weighted by molar-refractivity contribution is 5.43. The van der Waals surface area contributed by atoms with Crippen LogP contribution in [0.5, 0.6) is 0 Å². The van der Waals surface area contributed by atoms with Gasteiger partial charge in [-0.2, -0.15) is 0 Å². The van der Waals surface area contributed by atoms with Crippen molar-refractivity contribution in [3.8, 4) is 0 Å². The van der Waals surface area contributed by atoms with E-state index in [4.69, 9.17) is 0 Å². The van der Waals surface area contributed by atoms with E-state index >= 15 is 0 Å². The van der Waals surface area contributed by atoms with Crippen molar-refractivity contribution in [3.63, 3.8) is 0 Å². The van der Waals surface area contributed by atoms with E-state index in [-0.39, 0.29) is 5.56 Å². The zero-order chi connectivity index (χ0) is 15.5. The molecule has 0 aliphatic heterocycles. The largest absolute Gasteiger partial charge is 0.204 e. The predicted octanol–water partition coefficient (Wildman–Crippen LogP) is 5.28. The lowest BCUT2D eigenvalue weighted by Gasteiger charge is -2.19. The molecule has 0 saturated carbocycles. The van der Waals surface area contributed by atoms with Gasteiger partial charge >= 0.3 is 0 Å². The van der Waals surface area contributed by atoms with Crippen LogP contribution in [0, 0.1) is 17.5 Å². The lowest BCUT2D eigenvalue weighted by molar-refractivity contribution is 0.440. The lowest BCUT2D eigenvalue weighted by atomic mass is 9.85. The summed E-state index contributed by atoms with van der Waals surface area (Å²) in [5.74, 6) is -4.24. The number of benzene rings is 3. The first-order valence-electron chi connectivity index (χ1n) is 6.92. The van der Waals surface area contributed by atoms with Crippen LogP contribution < -0.4 is 0 Å². The van der Waals surface area contributed by atoms with Crippen LogP contribution >= 0.6 is 0 Å². The van der Waals surface area contributed by atoms with Crippen LogP contribution in [0.15, 0.2) is 72.8 Å². The monoisotopic (exact) mass is 298 g/mol.